The highest BCUT2D eigenvalue weighted by Crippen LogP contribution is 2.35. The molecule has 0 saturated carbocycles. The van der Waals surface area contributed by atoms with Crippen molar-refractivity contribution in [1.82, 2.24) is 0 Å². The molecule has 4 nitrogen and oxygen atoms in total. The van der Waals surface area contributed by atoms with Gasteiger partial charge in [0.15, 0.2) is 0 Å². The summed E-state index contributed by atoms with van der Waals surface area (Å²) >= 11 is -1.36. The molecule has 0 spiro atoms. The summed E-state index contributed by atoms with van der Waals surface area (Å²) < 4.78 is 12.8. The van der Waals surface area contributed by atoms with Gasteiger partial charge in [-0.1, -0.05) is 53.7 Å². The summed E-state index contributed by atoms with van der Waals surface area (Å²) in [6.07, 6.45) is 3.94. The molecule has 3 rings (SSSR count). The van der Waals surface area contributed by atoms with Gasteiger partial charge < -0.3 is 7.58 Å². The van der Waals surface area contributed by atoms with E-state index in [-0.39, 0.29) is 10.8 Å². The minimum atomic E-state index is -1.36. The molecule has 0 bridgehead atoms. The van der Waals surface area contributed by atoms with Crippen molar-refractivity contribution < 1.29 is 7.58 Å². The molecule has 0 atom stereocenters. The van der Waals surface area contributed by atoms with Crippen molar-refractivity contribution in [2.75, 3.05) is 0 Å². The third-order valence-corrected chi connectivity index (χ3v) is 8.11. The molecule has 0 N–H and O–H groups in total. The van der Waals surface area contributed by atoms with E-state index in [1.54, 1.807) is 0 Å². The van der Waals surface area contributed by atoms with Crippen molar-refractivity contribution in [2.45, 2.75) is 105 Å². The average molecular weight is 491 g/mol. The summed E-state index contributed by atoms with van der Waals surface area (Å²) in [7, 11) is 0. The Balaban J connectivity index is 2.21. The number of hydrogen-bond donors (Lipinski definition) is 0. The molecule has 188 valence electrons. The van der Waals surface area contributed by atoms with E-state index < -0.39 is 27.0 Å². The topological polar surface area (TPSA) is 43.2 Å². The van der Waals surface area contributed by atoms with Crippen LogP contribution in [0.5, 0.6) is 11.5 Å². The van der Waals surface area contributed by atoms with Gasteiger partial charge in [-0.2, -0.15) is 0 Å². The summed E-state index contributed by atoms with van der Waals surface area (Å²) in [4.78, 5) is 10.1. The first kappa shape index (κ1) is 27.5. The van der Waals surface area contributed by atoms with E-state index in [1.807, 2.05) is 12.4 Å². The van der Waals surface area contributed by atoms with Crippen LogP contribution in [0.25, 0.3) is 0 Å². The van der Waals surface area contributed by atoms with Gasteiger partial charge in [0.1, 0.15) is 0 Å². The van der Waals surface area contributed by atoms with Crippen LogP contribution in [-0.4, -0.2) is 39.4 Å². The molecule has 35 heavy (non-hydrogen) atoms. The molecule has 0 unspecified atom stereocenters. The normalized spacial score (nSPS) is 17.5. The molecule has 1 aliphatic rings. The molecular weight excluding hydrogens is 447 g/mol. The standard InChI is InChI=1S/C30H44N2O2.Al.H/c1-19-13-23(27(3,4)5)15-21(25(19)33)17-31-29(9,10)30(11,12)32-18-22-16-24(28(6,7)8)14-20(2)26(22)34;;/h13-18,33-34H,1-12H3;;/q;+2;/p-2. The van der Waals surface area contributed by atoms with Gasteiger partial charge in [-0.3, -0.25) is 9.98 Å². The minimum Gasteiger partial charge on any atom is -0.614 e. The maximum absolute atomic E-state index is 6.41. The van der Waals surface area contributed by atoms with Gasteiger partial charge in [0.05, 0.1) is 22.6 Å². The SMILES string of the molecule is Cc1cc(C(C)(C)C)cc2c1[O][AlH][O]c1c(C)cc(C(C)(C)C)cc1C=NC(C)(C)C(C)(C)N=C2. The lowest BCUT2D eigenvalue weighted by Crippen LogP contribution is -2.42. The van der Waals surface area contributed by atoms with Crippen LogP contribution < -0.4 is 7.58 Å². The summed E-state index contributed by atoms with van der Waals surface area (Å²) in [5.41, 5.74) is 5.94. The van der Waals surface area contributed by atoms with Crippen molar-refractivity contribution in [3.63, 3.8) is 0 Å². The second-order valence-corrected chi connectivity index (χ2v) is 13.8. The highest BCUT2D eigenvalue weighted by molar-refractivity contribution is 6.21. The lowest BCUT2D eigenvalue weighted by molar-refractivity contribution is 0.317. The molecule has 5 heteroatoms. The first-order valence-electron chi connectivity index (χ1n) is 12.6. The van der Waals surface area contributed by atoms with E-state index >= 15 is 0 Å². The smallest absolute Gasteiger partial charge is 0.614 e. The summed E-state index contributed by atoms with van der Waals surface area (Å²) in [6, 6.07) is 8.88. The first-order chi connectivity index (χ1) is 15.9. The van der Waals surface area contributed by atoms with Crippen molar-refractivity contribution in [3.8, 4) is 11.5 Å². The molecule has 2 aromatic carbocycles. The predicted molar refractivity (Wildman–Crippen MR) is 152 cm³/mol. The van der Waals surface area contributed by atoms with E-state index in [1.165, 1.54) is 11.1 Å². The molecule has 0 saturated heterocycles. The Morgan fingerprint density at radius 3 is 1.29 bits per heavy atom. The summed E-state index contributed by atoms with van der Waals surface area (Å²) in [5.74, 6) is 1.74. The summed E-state index contributed by atoms with van der Waals surface area (Å²) in [5, 5.41) is 0. The molecular formula is C30H43AlN2O2. The number of hydrogen-bond acceptors (Lipinski definition) is 4. The zero-order valence-corrected chi connectivity index (χ0v) is 25.3. The minimum absolute atomic E-state index is 0.0304. The molecule has 0 fully saturated rings. The molecule has 2 aromatic rings. The highest BCUT2D eigenvalue weighted by atomic mass is 27.2. The second kappa shape index (κ2) is 9.41. The Hall–Kier alpha value is -2.09. The molecule has 0 amide bonds. The zero-order chi connectivity index (χ0) is 26.4. The van der Waals surface area contributed by atoms with Crippen LogP contribution in [0.1, 0.15) is 103 Å². The molecule has 0 aromatic heterocycles. The second-order valence-electron chi connectivity index (χ2n) is 13.0. The Morgan fingerprint density at radius 2 is 0.971 bits per heavy atom. The Bertz CT molecular complexity index is 1070. The van der Waals surface area contributed by atoms with Crippen LogP contribution in [0.4, 0.5) is 0 Å². The highest BCUT2D eigenvalue weighted by Gasteiger charge is 2.36. The average Bonchev–Trinajstić information content (AvgIpc) is 2.71. The largest absolute Gasteiger partial charge is 0.832 e. The van der Waals surface area contributed by atoms with Gasteiger partial charge in [-0.05, 0) is 86.8 Å². The van der Waals surface area contributed by atoms with Crippen LogP contribution in [0.15, 0.2) is 34.3 Å². The van der Waals surface area contributed by atoms with Crippen LogP contribution in [0, 0.1) is 13.8 Å². The van der Waals surface area contributed by atoms with E-state index in [9.17, 15) is 0 Å². The van der Waals surface area contributed by atoms with Crippen LogP contribution in [-0.2, 0) is 10.8 Å². The van der Waals surface area contributed by atoms with Crippen LogP contribution in [0.2, 0.25) is 0 Å². The number of benzene rings is 2. The van der Waals surface area contributed by atoms with Gasteiger partial charge >= 0.3 is 15.9 Å². The van der Waals surface area contributed by atoms with Gasteiger partial charge in [-0.25, -0.2) is 0 Å². The number of aliphatic imine (C=N–C) groups is 2. The summed E-state index contributed by atoms with van der Waals surface area (Å²) in [6.45, 7) is 26.2. The van der Waals surface area contributed by atoms with Gasteiger partial charge in [0.25, 0.3) is 0 Å². The van der Waals surface area contributed by atoms with Crippen molar-refractivity contribution in [3.05, 3.63) is 57.6 Å². The van der Waals surface area contributed by atoms with E-state index in [4.69, 9.17) is 17.6 Å². The van der Waals surface area contributed by atoms with Crippen molar-refractivity contribution in [1.29, 1.82) is 0 Å². The third-order valence-electron chi connectivity index (χ3n) is 7.30. The first-order valence-corrected chi connectivity index (χ1v) is 13.7. The Kier molecular flexibility index (Phi) is 7.40. The van der Waals surface area contributed by atoms with Crippen molar-refractivity contribution >= 4 is 28.3 Å². The lowest BCUT2D eigenvalue weighted by Gasteiger charge is -2.35. The number of nitrogens with zero attached hydrogens (tertiary/aromatic N) is 2. The third kappa shape index (κ3) is 6.01. The fourth-order valence-electron chi connectivity index (χ4n) is 3.98. The Labute approximate surface area is 219 Å². The maximum Gasteiger partial charge on any atom is 0.832 e. The fourth-order valence-corrected chi connectivity index (χ4v) is 5.06. The van der Waals surface area contributed by atoms with E-state index in [0.717, 1.165) is 33.8 Å². The molecule has 0 radical (unpaired) electrons. The number of fused-ring (bicyclic) bond motifs is 2. The van der Waals surface area contributed by atoms with Crippen LogP contribution in [0.3, 0.4) is 0 Å². The van der Waals surface area contributed by atoms with E-state index in [0.29, 0.717) is 0 Å². The lowest BCUT2D eigenvalue weighted by atomic mass is 9.83. The fraction of sp³-hybridized carbons (Fsp3) is 0.533. The monoisotopic (exact) mass is 490 g/mol. The predicted octanol–water partition coefficient (Wildman–Crippen LogP) is 7.03. The zero-order valence-electron chi connectivity index (χ0n) is 23.9. The van der Waals surface area contributed by atoms with E-state index in [2.05, 4.69) is 107 Å². The van der Waals surface area contributed by atoms with Gasteiger partial charge in [0.2, 0.25) is 0 Å². The van der Waals surface area contributed by atoms with Crippen LogP contribution >= 0.6 is 0 Å². The molecule has 0 aliphatic carbocycles. The van der Waals surface area contributed by atoms with Crippen molar-refractivity contribution in [2.24, 2.45) is 9.98 Å². The number of aryl methyl sites for hydroxylation is 2. The molecule has 1 aliphatic heterocycles. The molecule has 1 heterocycles. The van der Waals surface area contributed by atoms with Gasteiger partial charge in [0, 0.05) is 23.6 Å². The quantitative estimate of drug-likeness (QED) is 0.372. The maximum atomic E-state index is 6.41. The number of rotatable bonds is 0. The van der Waals surface area contributed by atoms with Gasteiger partial charge in [-0.15, -0.1) is 0 Å². The Morgan fingerprint density at radius 1 is 0.629 bits per heavy atom.